The second-order valence-electron chi connectivity index (χ2n) is 8.82. The highest BCUT2D eigenvalue weighted by atomic mass is 79.9. The van der Waals surface area contributed by atoms with Crippen molar-refractivity contribution in [1.82, 2.24) is 10.4 Å². The first-order chi connectivity index (χ1) is 18.4. The van der Waals surface area contributed by atoms with Crippen molar-refractivity contribution in [1.29, 1.82) is 0 Å². The molecule has 0 bridgehead atoms. The number of methoxy groups -OCH3 is 2. The summed E-state index contributed by atoms with van der Waals surface area (Å²) in [6, 6.07) is 17.2. The number of ether oxygens (including phenoxy) is 3. The highest BCUT2D eigenvalue weighted by Crippen LogP contribution is 2.44. The molecule has 0 saturated carbocycles. The van der Waals surface area contributed by atoms with Gasteiger partial charge in [-0.05, 0) is 67.1 Å². The van der Waals surface area contributed by atoms with Gasteiger partial charge in [-0.2, -0.15) is 0 Å². The first kappa shape index (κ1) is 25.7. The van der Waals surface area contributed by atoms with E-state index >= 15 is 0 Å². The zero-order chi connectivity index (χ0) is 27.0. The number of hydrazine groups is 1. The summed E-state index contributed by atoms with van der Waals surface area (Å²) in [7, 11) is 3.06. The minimum atomic E-state index is -1.04. The van der Waals surface area contributed by atoms with Gasteiger partial charge in [0.25, 0.3) is 11.8 Å². The number of halogens is 1. The summed E-state index contributed by atoms with van der Waals surface area (Å²) in [6.07, 6.45) is 0. The van der Waals surface area contributed by atoms with Crippen molar-refractivity contribution in [3.63, 3.8) is 0 Å². The van der Waals surface area contributed by atoms with Crippen molar-refractivity contribution in [3.05, 3.63) is 82.3 Å². The van der Waals surface area contributed by atoms with Gasteiger partial charge >= 0.3 is 0 Å². The summed E-state index contributed by atoms with van der Waals surface area (Å²) in [6.45, 7) is 2.37. The number of benzene rings is 3. The number of carbonyl (C=O) groups excluding carboxylic acids is 3. The number of nitrogens with zero attached hydrogens (tertiary/aromatic N) is 2. The van der Waals surface area contributed by atoms with Gasteiger partial charge in [0.2, 0.25) is 5.91 Å². The van der Waals surface area contributed by atoms with E-state index in [1.165, 1.54) is 19.2 Å². The molecule has 3 amide bonds. The second-order valence-corrected chi connectivity index (χ2v) is 9.73. The lowest BCUT2D eigenvalue weighted by Gasteiger charge is -2.25. The molecule has 1 N–H and O–H groups in total. The van der Waals surface area contributed by atoms with E-state index in [9.17, 15) is 14.4 Å². The Morgan fingerprint density at radius 3 is 2.34 bits per heavy atom. The van der Waals surface area contributed by atoms with E-state index < -0.39 is 35.7 Å². The Labute approximate surface area is 228 Å². The smallest absolute Gasteiger partial charge is 0.268 e. The highest BCUT2D eigenvalue weighted by molar-refractivity contribution is 9.10. The molecule has 3 atom stereocenters. The Balaban J connectivity index is 1.57. The van der Waals surface area contributed by atoms with Gasteiger partial charge in [0.15, 0.2) is 11.5 Å². The zero-order valence-corrected chi connectivity index (χ0v) is 22.6. The monoisotopic (exact) mass is 579 g/mol. The Morgan fingerprint density at radius 1 is 0.947 bits per heavy atom. The summed E-state index contributed by atoms with van der Waals surface area (Å²) in [5.74, 6) is -0.531. The predicted octanol–water partition coefficient (Wildman–Crippen LogP) is 4.12. The van der Waals surface area contributed by atoms with Crippen LogP contribution in [-0.4, -0.2) is 49.6 Å². The number of imide groups is 1. The fourth-order valence-electron chi connectivity index (χ4n) is 4.97. The molecular weight excluding hydrogens is 554 g/mol. The van der Waals surface area contributed by atoms with Gasteiger partial charge in [-0.1, -0.05) is 28.1 Å². The third-order valence-corrected chi connectivity index (χ3v) is 7.19. The number of hydrogen-bond donors (Lipinski definition) is 1. The predicted molar refractivity (Wildman–Crippen MR) is 143 cm³/mol. The molecule has 0 unspecified atom stereocenters. The lowest BCUT2D eigenvalue weighted by Crippen LogP contribution is -2.48. The van der Waals surface area contributed by atoms with E-state index in [1.807, 2.05) is 6.92 Å². The summed E-state index contributed by atoms with van der Waals surface area (Å²) in [5, 5.41) is 1.28. The molecule has 3 aromatic rings. The lowest BCUT2D eigenvalue weighted by molar-refractivity contribution is -0.123. The molecule has 0 aliphatic carbocycles. The third kappa shape index (κ3) is 4.39. The van der Waals surface area contributed by atoms with Gasteiger partial charge in [-0.25, -0.2) is 10.3 Å². The van der Waals surface area contributed by atoms with Crippen LogP contribution in [0.25, 0.3) is 0 Å². The average molecular weight is 580 g/mol. The Bertz CT molecular complexity index is 1400. The van der Waals surface area contributed by atoms with E-state index in [4.69, 9.17) is 14.2 Å². The fourth-order valence-corrected chi connectivity index (χ4v) is 5.37. The van der Waals surface area contributed by atoms with Gasteiger partial charge in [0.05, 0.1) is 38.5 Å². The number of anilines is 1. The number of amides is 3. The Kier molecular flexibility index (Phi) is 7.09. The van der Waals surface area contributed by atoms with Crippen molar-refractivity contribution in [2.45, 2.75) is 19.0 Å². The van der Waals surface area contributed by atoms with E-state index in [0.29, 0.717) is 40.7 Å². The molecule has 2 aliphatic heterocycles. The molecule has 38 heavy (non-hydrogen) atoms. The van der Waals surface area contributed by atoms with E-state index in [1.54, 1.807) is 66.7 Å². The molecule has 2 fully saturated rings. The van der Waals surface area contributed by atoms with Crippen molar-refractivity contribution < 1.29 is 28.6 Å². The van der Waals surface area contributed by atoms with Crippen molar-refractivity contribution >= 4 is 39.3 Å². The van der Waals surface area contributed by atoms with Crippen LogP contribution in [0.5, 0.6) is 17.2 Å². The number of rotatable bonds is 7. The van der Waals surface area contributed by atoms with Crippen LogP contribution in [0.15, 0.2) is 71.2 Å². The standard InChI is InChI=1S/C28H26BrN3O6/c1-4-38-20-11-9-19(10-12-20)31-27(34)23-24(16-8-13-21(36-2)22(15-16)37-3)30-32(25(23)28(31)35)26(33)17-6-5-7-18(29)14-17/h5-15,23-25,30H,4H2,1-3H3/t23-,24-,25+/m1/s1. The van der Waals surface area contributed by atoms with Crippen LogP contribution < -0.4 is 24.5 Å². The maximum Gasteiger partial charge on any atom is 0.268 e. The summed E-state index contributed by atoms with van der Waals surface area (Å²) >= 11 is 3.40. The Hall–Kier alpha value is -3.89. The van der Waals surface area contributed by atoms with Crippen molar-refractivity contribution in [2.24, 2.45) is 5.92 Å². The molecule has 0 aromatic heterocycles. The second kappa shape index (κ2) is 10.5. The first-order valence-corrected chi connectivity index (χ1v) is 12.8. The molecule has 5 rings (SSSR count). The minimum absolute atomic E-state index is 0.373. The van der Waals surface area contributed by atoms with Crippen LogP contribution in [-0.2, 0) is 9.59 Å². The molecule has 0 spiro atoms. The number of nitrogens with one attached hydrogen (secondary N) is 1. The normalized spacial score (nSPS) is 20.5. The molecule has 2 aliphatic rings. The van der Waals surface area contributed by atoms with E-state index in [2.05, 4.69) is 21.4 Å². The van der Waals surface area contributed by atoms with Crippen molar-refractivity contribution in [3.8, 4) is 17.2 Å². The summed E-state index contributed by atoms with van der Waals surface area (Å²) in [5.41, 5.74) is 4.62. The maximum absolute atomic E-state index is 13.9. The van der Waals surface area contributed by atoms with Gasteiger partial charge in [0, 0.05) is 10.0 Å². The van der Waals surface area contributed by atoms with Crippen LogP contribution in [0.3, 0.4) is 0 Å². The fraction of sp³-hybridized carbons (Fsp3) is 0.250. The number of fused-ring (bicyclic) bond motifs is 1. The summed E-state index contributed by atoms with van der Waals surface area (Å²) < 4.78 is 17.0. The summed E-state index contributed by atoms with van der Waals surface area (Å²) in [4.78, 5) is 42.5. The molecule has 2 saturated heterocycles. The molecular formula is C28H26BrN3O6. The van der Waals surface area contributed by atoms with Gasteiger partial charge in [-0.15, -0.1) is 0 Å². The largest absolute Gasteiger partial charge is 0.494 e. The first-order valence-electron chi connectivity index (χ1n) is 12.1. The van der Waals surface area contributed by atoms with Crippen LogP contribution in [0.4, 0.5) is 5.69 Å². The minimum Gasteiger partial charge on any atom is -0.494 e. The highest BCUT2D eigenvalue weighted by Gasteiger charge is 2.60. The SMILES string of the molecule is CCOc1ccc(N2C(=O)[C@@H]3[C@@H](c4ccc(OC)c(OC)c4)NN(C(=O)c4cccc(Br)c4)[C@@H]3C2=O)cc1. The molecule has 10 heteroatoms. The van der Waals surface area contributed by atoms with Gasteiger partial charge < -0.3 is 14.2 Å². The van der Waals surface area contributed by atoms with E-state index in [0.717, 1.165) is 9.37 Å². The molecule has 3 aromatic carbocycles. The lowest BCUT2D eigenvalue weighted by atomic mass is 9.90. The average Bonchev–Trinajstić information content (AvgIpc) is 3.45. The molecule has 0 radical (unpaired) electrons. The quantitative estimate of drug-likeness (QED) is 0.420. The van der Waals surface area contributed by atoms with E-state index in [-0.39, 0.29) is 0 Å². The number of carbonyl (C=O) groups is 3. The molecule has 9 nitrogen and oxygen atoms in total. The van der Waals surface area contributed by atoms with Crippen LogP contribution in [0.1, 0.15) is 28.9 Å². The topological polar surface area (TPSA) is 97.4 Å². The van der Waals surface area contributed by atoms with Gasteiger partial charge in [-0.3, -0.25) is 19.4 Å². The Morgan fingerprint density at radius 2 is 1.68 bits per heavy atom. The maximum atomic E-state index is 13.9. The van der Waals surface area contributed by atoms with Gasteiger partial charge in [0.1, 0.15) is 11.8 Å². The zero-order valence-electron chi connectivity index (χ0n) is 21.0. The molecule has 196 valence electrons. The number of hydrogen-bond acceptors (Lipinski definition) is 7. The van der Waals surface area contributed by atoms with Crippen molar-refractivity contribution in [2.75, 3.05) is 25.7 Å². The molecule has 2 heterocycles. The van der Waals surface area contributed by atoms with Crippen LogP contribution in [0, 0.1) is 5.92 Å². The van der Waals surface area contributed by atoms with Crippen LogP contribution >= 0.6 is 15.9 Å². The van der Waals surface area contributed by atoms with Crippen LogP contribution in [0.2, 0.25) is 0 Å². The third-order valence-electron chi connectivity index (χ3n) is 6.70.